The molecule has 0 aromatic heterocycles. The summed E-state index contributed by atoms with van der Waals surface area (Å²) in [4.78, 5) is 0.393. The summed E-state index contributed by atoms with van der Waals surface area (Å²) in [7, 11) is 0.679. The molecule has 26 heavy (non-hydrogen) atoms. The zero-order valence-electron chi connectivity index (χ0n) is 17.1. The molecule has 2 aromatic rings. The average molecular weight is 434 g/mol. The van der Waals surface area contributed by atoms with Crippen LogP contribution in [0.4, 0.5) is 0 Å². The van der Waals surface area contributed by atoms with E-state index in [1.54, 1.807) is 0 Å². The minimum absolute atomic E-state index is 0.0648. The molecule has 0 aliphatic rings. The van der Waals surface area contributed by atoms with Gasteiger partial charge in [-0.25, -0.2) is 0 Å². The van der Waals surface area contributed by atoms with Crippen LogP contribution < -0.4 is 0 Å². The Kier molecular flexibility index (Phi) is 7.29. The van der Waals surface area contributed by atoms with Gasteiger partial charge in [-0.15, -0.1) is 0 Å². The molecule has 2 rings (SSSR count). The fourth-order valence-electron chi connectivity index (χ4n) is 4.11. The van der Waals surface area contributed by atoms with Gasteiger partial charge in [-0.3, -0.25) is 0 Å². The molecular weight excluding hydrogens is 400 g/mol. The highest BCUT2D eigenvalue weighted by Gasteiger charge is 2.46. The molecule has 0 amide bonds. The van der Waals surface area contributed by atoms with Gasteiger partial charge in [0, 0.05) is 4.83 Å². The van der Waals surface area contributed by atoms with E-state index >= 15 is 0 Å². The van der Waals surface area contributed by atoms with Gasteiger partial charge in [-0.1, -0.05) is 105 Å². The van der Waals surface area contributed by atoms with Crippen molar-refractivity contribution in [2.45, 2.75) is 64.3 Å². The number of benzene rings is 2. The zero-order valence-corrected chi connectivity index (χ0v) is 20.7. The largest absolute Gasteiger partial charge is 0.414 e. The van der Waals surface area contributed by atoms with Crippen LogP contribution in [0.1, 0.15) is 74.0 Å². The lowest BCUT2D eigenvalue weighted by Gasteiger charge is -2.46. The fourth-order valence-corrected chi connectivity index (χ4v) is 6.00. The van der Waals surface area contributed by atoms with E-state index in [-0.39, 0.29) is 5.41 Å². The summed E-state index contributed by atoms with van der Waals surface area (Å²) >= 11 is 3.94. The van der Waals surface area contributed by atoms with E-state index in [2.05, 4.69) is 99.1 Å². The molecule has 142 valence electrons. The minimum Gasteiger partial charge on any atom is -0.414 e. The molecule has 3 heteroatoms. The first-order valence-corrected chi connectivity index (χ1v) is 11.4. The molecular formula is C23H33BrOSi. The molecule has 0 aliphatic carbocycles. The van der Waals surface area contributed by atoms with E-state index < -0.39 is 5.60 Å². The van der Waals surface area contributed by atoms with E-state index in [1.165, 1.54) is 35.1 Å². The number of alkyl halides is 1. The normalized spacial score (nSPS) is 15.6. The van der Waals surface area contributed by atoms with Gasteiger partial charge in [-0.2, -0.15) is 0 Å². The summed E-state index contributed by atoms with van der Waals surface area (Å²) < 4.78 is 6.49. The SMILES string of the molecule is CCCCC(Br)c1cccc(C(O[SiH3])(c2ccccc2)C(C)(C)C)c1C. The lowest BCUT2D eigenvalue weighted by Crippen LogP contribution is -2.44. The Morgan fingerprint density at radius 2 is 1.69 bits per heavy atom. The molecule has 1 nitrogen and oxygen atoms in total. The Morgan fingerprint density at radius 3 is 2.23 bits per heavy atom. The van der Waals surface area contributed by atoms with E-state index in [1.807, 2.05) is 0 Å². The zero-order chi connectivity index (χ0) is 19.4. The summed E-state index contributed by atoms with van der Waals surface area (Å²) in [6.07, 6.45) is 3.62. The molecule has 2 atom stereocenters. The predicted molar refractivity (Wildman–Crippen MR) is 120 cm³/mol. The average Bonchev–Trinajstić information content (AvgIpc) is 2.61. The number of unbranched alkanes of at least 4 members (excludes halogenated alkanes) is 1. The third-order valence-electron chi connectivity index (χ3n) is 5.45. The Balaban J connectivity index is 2.67. The maximum absolute atomic E-state index is 6.49. The summed E-state index contributed by atoms with van der Waals surface area (Å²) in [6.45, 7) is 11.4. The molecule has 2 aromatic carbocycles. The highest BCUT2D eigenvalue weighted by atomic mass is 79.9. The molecule has 0 aliphatic heterocycles. The van der Waals surface area contributed by atoms with Gasteiger partial charge < -0.3 is 4.43 Å². The number of halogens is 1. The molecule has 0 N–H and O–H groups in total. The van der Waals surface area contributed by atoms with Crippen LogP contribution in [0.2, 0.25) is 0 Å². The molecule has 0 fully saturated rings. The van der Waals surface area contributed by atoms with Crippen molar-refractivity contribution in [3.8, 4) is 0 Å². The van der Waals surface area contributed by atoms with Crippen molar-refractivity contribution < 1.29 is 4.43 Å². The second-order valence-electron chi connectivity index (χ2n) is 8.13. The Labute approximate surface area is 171 Å². The van der Waals surface area contributed by atoms with E-state index in [0.717, 1.165) is 6.42 Å². The quantitative estimate of drug-likeness (QED) is 0.373. The molecule has 0 heterocycles. The van der Waals surface area contributed by atoms with Crippen molar-refractivity contribution in [3.05, 3.63) is 70.8 Å². The number of hydrogen-bond donors (Lipinski definition) is 0. The monoisotopic (exact) mass is 432 g/mol. The first-order chi connectivity index (χ1) is 12.3. The third-order valence-corrected chi connectivity index (χ3v) is 7.01. The lowest BCUT2D eigenvalue weighted by molar-refractivity contribution is 0.00614. The molecule has 0 radical (unpaired) electrons. The van der Waals surface area contributed by atoms with E-state index in [9.17, 15) is 0 Å². The van der Waals surface area contributed by atoms with Crippen LogP contribution >= 0.6 is 15.9 Å². The lowest BCUT2D eigenvalue weighted by atomic mass is 9.67. The minimum atomic E-state index is -0.432. The van der Waals surface area contributed by atoms with E-state index in [4.69, 9.17) is 4.43 Å². The van der Waals surface area contributed by atoms with Crippen LogP contribution in [0, 0.1) is 12.3 Å². The first kappa shape index (κ1) is 21.4. The van der Waals surface area contributed by atoms with Crippen LogP contribution in [0.25, 0.3) is 0 Å². The third kappa shape index (κ3) is 4.00. The predicted octanol–water partition coefficient (Wildman–Crippen LogP) is 6.21. The van der Waals surface area contributed by atoms with Gasteiger partial charge in [0.2, 0.25) is 0 Å². The summed E-state index contributed by atoms with van der Waals surface area (Å²) in [5.74, 6) is 0. The van der Waals surface area contributed by atoms with Crippen molar-refractivity contribution in [2.24, 2.45) is 5.41 Å². The first-order valence-electron chi connectivity index (χ1n) is 9.64. The molecule has 0 spiro atoms. The van der Waals surface area contributed by atoms with Gasteiger partial charge in [-0.05, 0) is 41.0 Å². The summed E-state index contributed by atoms with van der Waals surface area (Å²) in [6, 6.07) is 17.4. The van der Waals surface area contributed by atoms with Gasteiger partial charge >= 0.3 is 0 Å². The van der Waals surface area contributed by atoms with Crippen molar-refractivity contribution >= 4 is 26.4 Å². The van der Waals surface area contributed by atoms with Crippen LogP contribution in [0.3, 0.4) is 0 Å². The summed E-state index contributed by atoms with van der Waals surface area (Å²) in [5, 5.41) is 0. The highest BCUT2D eigenvalue weighted by molar-refractivity contribution is 9.09. The van der Waals surface area contributed by atoms with Gasteiger partial charge in [0.15, 0.2) is 0 Å². The maximum atomic E-state index is 6.49. The Hall–Kier alpha value is -0.903. The second kappa shape index (κ2) is 8.86. The molecule has 0 bridgehead atoms. The van der Waals surface area contributed by atoms with Crippen molar-refractivity contribution in [1.29, 1.82) is 0 Å². The Bertz CT molecular complexity index is 708. The van der Waals surface area contributed by atoms with Gasteiger partial charge in [0.25, 0.3) is 0 Å². The van der Waals surface area contributed by atoms with Crippen molar-refractivity contribution in [2.75, 3.05) is 0 Å². The fraction of sp³-hybridized carbons (Fsp3) is 0.478. The van der Waals surface area contributed by atoms with Crippen LogP contribution in [-0.2, 0) is 10.0 Å². The van der Waals surface area contributed by atoms with Gasteiger partial charge in [0.1, 0.15) is 16.1 Å². The molecule has 0 saturated heterocycles. The topological polar surface area (TPSA) is 9.23 Å². The van der Waals surface area contributed by atoms with Gasteiger partial charge in [0.05, 0.1) is 0 Å². The maximum Gasteiger partial charge on any atom is 0.147 e. The van der Waals surface area contributed by atoms with Crippen LogP contribution in [0.5, 0.6) is 0 Å². The highest BCUT2D eigenvalue weighted by Crippen LogP contribution is 2.49. The smallest absolute Gasteiger partial charge is 0.147 e. The molecule has 0 saturated carbocycles. The standard InChI is InChI=1S/C23H33BrOSi/c1-6-7-16-21(24)19-14-11-15-20(17(19)2)23(25-26,22(3,4)5)18-12-9-8-10-13-18/h8-15,21H,6-7,16H2,1-5,26H3. The molecule has 2 unspecified atom stereocenters. The number of hydrogen-bond acceptors (Lipinski definition) is 1. The second-order valence-corrected chi connectivity index (χ2v) is 9.64. The van der Waals surface area contributed by atoms with E-state index in [0.29, 0.717) is 15.3 Å². The van der Waals surface area contributed by atoms with Crippen LogP contribution in [0.15, 0.2) is 48.5 Å². The van der Waals surface area contributed by atoms with Crippen molar-refractivity contribution in [1.82, 2.24) is 0 Å². The summed E-state index contributed by atoms with van der Waals surface area (Å²) in [5.41, 5.74) is 4.77. The van der Waals surface area contributed by atoms with Crippen LogP contribution in [-0.4, -0.2) is 10.5 Å². The van der Waals surface area contributed by atoms with Crippen molar-refractivity contribution in [3.63, 3.8) is 0 Å². The number of rotatable bonds is 7. The Morgan fingerprint density at radius 1 is 1.04 bits per heavy atom.